The SMILES string of the molecule is CC(=NC#N)N(C)Cc1ccc(Cl)nc1.O=[N+]([O-])/C=C1/NCCCS1. The Balaban J connectivity index is 0.000000271. The van der Waals surface area contributed by atoms with Gasteiger partial charge in [0, 0.05) is 32.1 Å². The molecule has 0 unspecified atom stereocenters. The fourth-order valence-electron chi connectivity index (χ4n) is 1.74. The average molecular weight is 383 g/mol. The lowest BCUT2D eigenvalue weighted by atomic mass is 10.3. The fraction of sp³-hybridized carbons (Fsp3) is 0.400. The highest BCUT2D eigenvalue weighted by atomic mass is 35.5. The van der Waals surface area contributed by atoms with Gasteiger partial charge in [0.15, 0.2) is 0 Å². The van der Waals surface area contributed by atoms with E-state index in [1.54, 1.807) is 25.4 Å². The van der Waals surface area contributed by atoms with Crippen molar-refractivity contribution >= 4 is 29.2 Å². The summed E-state index contributed by atoms with van der Waals surface area (Å²) in [6, 6.07) is 3.63. The van der Waals surface area contributed by atoms with E-state index < -0.39 is 4.92 Å². The molecule has 134 valence electrons. The minimum atomic E-state index is -0.430. The Labute approximate surface area is 155 Å². The first-order valence-electron chi connectivity index (χ1n) is 7.39. The molecule has 0 radical (unpaired) electrons. The Bertz CT molecular complexity index is 664. The average Bonchev–Trinajstić information content (AvgIpc) is 2.58. The molecule has 0 spiro atoms. The van der Waals surface area contributed by atoms with Crippen LogP contribution in [0.4, 0.5) is 0 Å². The third kappa shape index (κ3) is 8.93. The topological polar surface area (TPSA) is 107 Å². The summed E-state index contributed by atoms with van der Waals surface area (Å²) in [6.45, 7) is 3.29. The third-order valence-corrected chi connectivity index (χ3v) is 4.35. The van der Waals surface area contributed by atoms with Gasteiger partial charge in [-0.15, -0.1) is 11.8 Å². The Kier molecular flexibility index (Phi) is 9.36. The lowest BCUT2D eigenvalue weighted by Crippen LogP contribution is -2.23. The summed E-state index contributed by atoms with van der Waals surface area (Å²) in [5, 5.41) is 22.4. The number of halogens is 1. The van der Waals surface area contributed by atoms with Gasteiger partial charge in [0.25, 0.3) is 6.20 Å². The molecule has 2 rings (SSSR count). The largest absolute Gasteiger partial charge is 0.375 e. The van der Waals surface area contributed by atoms with Gasteiger partial charge < -0.3 is 10.2 Å². The molecule has 0 aromatic carbocycles. The van der Waals surface area contributed by atoms with Crippen LogP contribution in [0.3, 0.4) is 0 Å². The number of pyridine rings is 1. The van der Waals surface area contributed by atoms with Crippen molar-refractivity contribution in [2.75, 3.05) is 19.3 Å². The summed E-state index contributed by atoms with van der Waals surface area (Å²) >= 11 is 7.17. The lowest BCUT2D eigenvalue weighted by Gasteiger charge is -2.17. The van der Waals surface area contributed by atoms with Gasteiger partial charge in [-0.05, 0) is 25.0 Å². The Morgan fingerprint density at radius 2 is 2.44 bits per heavy atom. The first-order chi connectivity index (χ1) is 11.9. The van der Waals surface area contributed by atoms with Gasteiger partial charge in [0.2, 0.25) is 6.19 Å². The van der Waals surface area contributed by atoms with Crippen molar-refractivity contribution in [3.8, 4) is 6.19 Å². The fourth-order valence-corrected chi connectivity index (χ4v) is 2.73. The quantitative estimate of drug-likeness (QED) is 0.214. The molecule has 1 saturated heterocycles. The molecule has 0 saturated carbocycles. The highest BCUT2D eigenvalue weighted by Crippen LogP contribution is 2.17. The van der Waals surface area contributed by atoms with Crippen molar-refractivity contribution in [2.24, 2.45) is 4.99 Å². The number of amidine groups is 1. The monoisotopic (exact) mass is 382 g/mol. The van der Waals surface area contributed by atoms with Crippen molar-refractivity contribution in [3.05, 3.63) is 50.4 Å². The zero-order chi connectivity index (χ0) is 18.7. The van der Waals surface area contributed by atoms with Gasteiger partial charge in [0.1, 0.15) is 16.0 Å². The van der Waals surface area contributed by atoms with Crippen LogP contribution in [0.25, 0.3) is 0 Å². The van der Waals surface area contributed by atoms with Gasteiger partial charge in [0.05, 0.1) is 4.92 Å². The summed E-state index contributed by atoms with van der Waals surface area (Å²) < 4.78 is 0. The molecular weight excluding hydrogens is 364 g/mol. The lowest BCUT2D eigenvalue weighted by molar-refractivity contribution is -0.403. The number of aromatic nitrogens is 1. The van der Waals surface area contributed by atoms with Crippen molar-refractivity contribution in [3.63, 3.8) is 0 Å². The van der Waals surface area contributed by atoms with E-state index in [2.05, 4.69) is 15.3 Å². The van der Waals surface area contributed by atoms with Crippen LogP contribution < -0.4 is 5.32 Å². The summed E-state index contributed by atoms with van der Waals surface area (Å²) in [5.74, 6) is 1.65. The van der Waals surface area contributed by atoms with E-state index >= 15 is 0 Å². The van der Waals surface area contributed by atoms with E-state index in [0.29, 0.717) is 22.6 Å². The minimum Gasteiger partial charge on any atom is -0.375 e. The second-order valence-electron chi connectivity index (χ2n) is 5.01. The van der Waals surface area contributed by atoms with E-state index in [-0.39, 0.29) is 0 Å². The predicted octanol–water partition coefficient (Wildman–Crippen LogP) is 2.85. The molecule has 1 aliphatic rings. The number of rotatable bonds is 3. The molecule has 1 aliphatic heterocycles. The number of nitriles is 1. The van der Waals surface area contributed by atoms with Crippen LogP contribution in [-0.4, -0.2) is 40.0 Å². The van der Waals surface area contributed by atoms with Crippen LogP contribution in [0, 0.1) is 21.6 Å². The number of nitrogens with zero attached hydrogens (tertiary/aromatic N) is 5. The van der Waals surface area contributed by atoms with E-state index in [4.69, 9.17) is 16.9 Å². The van der Waals surface area contributed by atoms with E-state index in [1.165, 1.54) is 11.8 Å². The molecular formula is C15H19ClN6O2S. The van der Waals surface area contributed by atoms with Crippen molar-refractivity contribution in [2.45, 2.75) is 19.9 Å². The maximum atomic E-state index is 9.94. The molecule has 25 heavy (non-hydrogen) atoms. The van der Waals surface area contributed by atoms with Crippen molar-refractivity contribution in [1.82, 2.24) is 15.2 Å². The first-order valence-corrected chi connectivity index (χ1v) is 8.75. The molecule has 1 aromatic heterocycles. The summed E-state index contributed by atoms with van der Waals surface area (Å²) in [6.07, 6.45) is 5.56. The number of hydrogen-bond acceptors (Lipinski definition) is 7. The second-order valence-corrected chi connectivity index (χ2v) is 6.54. The van der Waals surface area contributed by atoms with Crippen LogP contribution in [0.1, 0.15) is 18.9 Å². The maximum absolute atomic E-state index is 9.94. The molecule has 8 nitrogen and oxygen atoms in total. The summed E-state index contributed by atoms with van der Waals surface area (Å²) in [4.78, 5) is 19.0. The normalized spacial score (nSPS) is 15.4. The van der Waals surface area contributed by atoms with Gasteiger partial charge in [-0.1, -0.05) is 17.7 Å². The molecule has 1 fully saturated rings. The Morgan fingerprint density at radius 1 is 1.68 bits per heavy atom. The third-order valence-electron chi connectivity index (χ3n) is 3.07. The number of thioether (sulfide) groups is 1. The molecule has 0 bridgehead atoms. The van der Waals surface area contributed by atoms with Gasteiger partial charge in [-0.2, -0.15) is 10.3 Å². The van der Waals surface area contributed by atoms with Gasteiger partial charge >= 0.3 is 0 Å². The number of nitrogens with one attached hydrogen (secondary N) is 1. The summed E-state index contributed by atoms with van der Waals surface area (Å²) in [5.41, 5.74) is 1.02. The first kappa shape index (κ1) is 20.7. The van der Waals surface area contributed by atoms with Crippen LogP contribution in [0.2, 0.25) is 5.15 Å². The van der Waals surface area contributed by atoms with Crippen LogP contribution in [-0.2, 0) is 6.54 Å². The smallest absolute Gasteiger partial charge is 0.263 e. The molecule has 1 N–H and O–H groups in total. The Hall–Kier alpha value is -2.31. The molecule has 2 heterocycles. The molecule has 0 amide bonds. The van der Waals surface area contributed by atoms with Crippen molar-refractivity contribution in [1.29, 1.82) is 5.26 Å². The van der Waals surface area contributed by atoms with Crippen LogP contribution >= 0.6 is 23.4 Å². The van der Waals surface area contributed by atoms with E-state index in [0.717, 1.165) is 30.5 Å². The van der Waals surface area contributed by atoms with Crippen LogP contribution in [0.15, 0.2) is 34.6 Å². The van der Waals surface area contributed by atoms with Crippen molar-refractivity contribution < 1.29 is 4.92 Å². The highest BCUT2D eigenvalue weighted by molar-refractivity contribution is 8.03. The molecule has 0 atom stereocenters. The van der Waals surface area contributed by atoms with Crippen LogP contribution in [0.5, 0.6) is 0 Å². The standard InChI is InChI=1S/C10H11ClN4.C5H8N2O2S/c1-8(14-7-12)15(2)6-9-3-4-10(11)13-5-9;8-7(9)4-5-6-2-1-3-10-5/h3-5H,6H2,1-2H3;4,6H,1-3H2/b;5-4-. The highest BCUT2D eigenvalue weighted by Gasteiger charge is 2.07. The zero-order valence-corrected chi connectivity index (χ0v) is 15.5. The van der Waals surface area contributed by atoms with Gasteiger partial charge in [-0.3, -0.25) is 10.1 Å². The molecule has 0 aliphatic carbocycles. The minimum absolute atomic E-state index is 0.430. The Morgan fingerprint density at radius 3 is 2.96 bits per heavy atom. The zero-order valence-electron chi connectivity index (χ0n) is 14.0. The van der Waals surface area contributed by atoms with Gasteiger partial charge in [-0.25, -0.2) is 4.98 Å². The summed E-state index contributed by atoms with van der Waals surface area (Å²) in [7, 11) is 1.87. The maximum Gasteiger partial charge on any atom is 0.263 e. The second kappa shape index (κ2) is 11.3. The molecule has 1 aromatic rings. The van der Waals surface area contributed by atoms with E-state index in [1.807, 2.05) is 18.0 Å². The van der Waals surface area contributed by atoms with E-state index in [9.17, 15) is 10.1 Å². The predicted molar refractivity (Wildman–Crippen MR) is 99.6 cm³/mol. The molecule has 10 heteroatoms. The number of aliphatic imine (C=N–C) groups is 1. The number of nitro groups is 1. The number of hydrogen-bond donors (Lipinski definition) is 1.